The molecule has 0 saturated carbocycles. The maximum absolute atomic E-state index is 13.2. The van der Waals surface area contributed by atoms with Gasteiger partial charge in [-0.1, -0.05) is 24.6 Å². The first-order chi connectivity index (χ1) is 15.3. The molecule has 0 radical (unpaired) electrons. The summed E-state index contributed by atoms with van der Waals surface area (Å²) >= 11 is 1.39. The lowest BCUT2D eigenvalue weighted by molar-refractivity contribution is -0.503. The van der Waals surface area contributed by atoms with Gasteiger partial charge < -0.3 is 5.32 Å². The highest BCUT2D eigenvalue weighted by Crippen LogP contribution is 2.32. The second-order valence-electron chi connectivity index (χ2n) is 8.63. The molecule has 4 rings (SSSR count). The van der Waals surface area contributed by atoms with Crippen LogP contribution >= 0.6 is 11.8 Å². The number of hydrogen-bond donors (Lipinski definition) is 1. The van der Waals surface area contributed by atoms with Crippen LogP contribution in [0.2, 0.25) is 0 Å². The van der Waals surface area contributed by atoms with Gasteiger partial charge in [-0.15, -0.1) is 0 Å². The maximum atomic E-state index is 13.2. The Labute approximate surface area is 192 Å². The fourth-order valence-electron chi connectivity index (χ4n) is 4.51. The molecule has 3 heterocycles. The molecule has 1 aromatic rings. The minimum absolute atomic E-state index is 0.178. The molecule has 1 unspecified atom stereocenters. The van der Waals surface area contributed by atoms with Crippen molar-refractivity contribution in [1.82, 2.24) is 9.80 Å². The summed E-state index contributed by atoms with van der Waals surface area (Å²) in [7, 11) is 0. The Morgan fingerprint density at radius 2 is 1.81 bits per heavy atom. The first-order valence-corrected chi connectivity index (χ1v) is 12.1. The number of aryl methyl sites for hydroxylation is 3. The number of urea groups is 1. The maximum Gasteiger partial charge on any atom is 0.357 e. The summed E-state index contributed by atoms with van der Waals surface area (Å²) in [5.41, 5.74) is 3.83. The Morgan fingerprint density at radius 1 is 1.16 bits per heavy atom. The van der Waals surface area contributed by atoms with Gasteiger partial charge in [0.25, 0.3) is 11.7 Å². The van der Waals surface area contributed by atoms with Gasteiger partial charge in [0.1, 0.15) is 6.54 Å². The van der Waals surface area contributed by atoms with Crippen LogP contribution in [0.15, 0.2) is 17.1 Å². The third-order valence-electron chi connectivity index (χ3n) is 5.96. The summed E-state index contributed by atoms with van der Waals surface area (Å²) < 4.78 is 2.16. The molecule has 0 bridgehead atoms. The van der Waals surface area contributed by atoms with Crippen molar-refractivity contribution in [2.24, 2.45) is 4.99 Å². The van der Waals surface area contributed by atoms with Crippen LogP contribution in [0.25, 0.3) is 0 Å². The lowest BCUT2D eigenvalue weighted by Crippen LogP contribution is -2.61. The van der Waals surface area contributed by atoms with Crippen molar-refractivity contribution in [1.29, 1.82) is 0 Å². The number of carbonyl (C=O) groups excluding carboxylic acids is 3. The smallest absolute Gasteiger partial charge is 0.324 e. The van der Waals surface area contributed by atoms with Gasteiger partial charge in [-0.3, -0.25) is 19.1 Å². The quantitative estimate of drug-likeness (QED) is 0.691. The fraction of sp³-hybridized carbons (Fsp3) is 0.522. The number of carbonyl (C=O) groups is 3. The summed E-state index contributed by atoms with van der Waals surface area (Å²) in [6, 6.07) is 3.56. The van der Waals surface area contributed by atoms with E-state index >= 15 is 0 Å². The van der Waals surface area contributed by atoms with E-state index in [-0.39, 0.29) is 18.4 Å². The Hall–Kier alpha value is -2.68. The monoisotopic (exact) mass is 456 g/mol. The molecule has 170 valence electrons. The summed E-state index contributed by atoms with van der Waals surface area (Å²) in [5.74, 6) is -0.163. The SMILES string of the molecule is CCCN1C(=O)C2SC(=[N+]3CCCC3)N=C2N(CC(=O)Nc2c(C)cc(C)cc2C)C1=O. The number of amides is 4. The number of nitrogens with one attached hydrogen (secondary N) is 1. The van der Waals surface area contributed by atoms with Crippen LogP contribution in [-0.4, -0.2) is 74.7 Å². The minimum Gasteiger partial charge on any atom is -0.324 e. The van der Waals surface area contributed by atoms with Crippen LogP contribution in [0.1, 0.15) is 42.9 Å². The van der Waals surface area contributed by atoms with E-state index in [2.05, 4.69) is 14.9 Å². The molecule has 1 atom stereocenters. The molecule has 32 heavy (non-hydrogen) atoms. The van der Waals surface area contributed by atoms with E-state index in [1.165, 1.54) is 21.6 Å². The van der Waals surface area contributed by atoms with E-state index in [9.17, 15) is 14.4 Å². The molecule has 0 aromatic heterocycles. The van der Waals surface area contributed by atoms with E-state index in [0.717, 1.165) is 53.5 Å². The molecule has 3 aliphatic rings. The van der Waals surface area contributed by atoms with E-state index in [4.69, 9.17) is 0 Å². The minimum atomic E-state index is -0.578. The highest BCUT2D eigenvalue weighted by molar-refractivity contribution is 8.15. The van der Waals surface area contributed by atoms with Crippen molar-refractivity contribution < 1.29 is 19.0 Å². The highest BCUT2D eigenvalue weighted by atomic mass is 32.2. The number of rotatable bonds is 5. The fourth-order valence-corrected chi connectivity index (χ4v) is 5.72. The summed E-state index contributed by atoms with van der Waals surface area (Å²) in [6.45, 7) is 9.80. The number of amidine groups is 2. The second kappa shape index (κ2) is 9.05. The Kier molecular flexibility index (Phi) is 6.37. The molecule has 1 N–H and O–H groups in total. The number of aliphatic imine (C=N–C) groups is 1. The van der Waals surface area contributed by atoms with Gasteiger partial charge in [-0.05, 0) is 67.9 Å². The first kappa shape index (κ1) is 22.5. The van der Waals surface area contributed by atoms with Gasteiger partial charge in [0.15, 0.2) is 5.25 Å². The standard InChI is InChI=1S/C23H29N5O3S/c1-5-8-27-21(30)19-20(25-22(32-19)26-9-6-7-10-26)28(23(27)31)13-17(29)24-18-15(3)11-14(2)12-16(18)4/h11-12,19H,5-10,13H2,1-4H3/p+1. The van der Waals surface area contributed by atoms with E-state index in [0.29, 0.717) is 18.8 Å². The third-order valence-corrected chi connectivity index (χ3v) is 7.17. The van der Waals surface area contributed by atoms with E-state index in [1.54, 1.807) is 0 Å². The van der Waals surface area contributed by atoms with Gasteiger partial charge >= 0.3 is 11.2 Å². The predicted molar refractivity (Wildman–Crippen MR) is 126 cm³/mol. The molecular weight excluding hydrogens is 426 g/mol. The van der Waals surface area contributed by atoms with Crippen molar-refractivity contribution in [3.8, 4) is 0 Å². The number of imide groups is 1. The normalized spacial score (nSPS) is 20.8. The van der Waals surface area contributed by atoms with Crippen molar-refractivity contribution in [2.75, 3.05) is 31.5 Å². The molecule has 3 aliphatic heterocycles. The van der Waals surface area contributed by atoms with Crippen molar-refractivity contribution in [2.45, 2.75) is 52.2 Å². The number of hydrogen-bond acceptors (Lipinski definition) is 4. The van der Waals surface area contributed by atoms with Crippen molar-refractivity contribution in [3.05, 3.63) is 28.8 Å². The number of thioether (sulfide) groups is 1. The van der Waals surface area contributed by atoms with Crippen LogP contribution in [-0.2, 0) is 9.59 Å². The molecule has 0 spiro atoms. The molecule has 1 aromatic carbocycles. The molecule has 0 aliphatic carbocycles. The Balaban J connectivity index is 1.62. The molecule has 2 saturated heterocycles. The Morgan fingerprint density at radius 3 is 2.44 bits per heavy atom. The van der Waals surface area contributed by atoms with Gasteiger partial charge in [-0.2, -0.15) is 0 Å². The van der Waals surface area contributed by atoms with Crippen LogP contribution in [0.5, 0.6) is 0 Å². The predicted octanol–water partition coefficient (Wildman–Crippen LogP) is 2.90. The second-order valence-corrected chi connectivity index (χ2v) is 9.70. The average Bonchev–Trinajstić information content (AvgIpc) is 3.41. The number of fused-ring (bicyclic) bond motifs is 1. The van der Waals surface area contributed by atoms with Gasteiger partial charge in [0, 0.05) is 12.2 Å². The Bertz CT molecular complexity index is 1020. The van der Waals surface area contributed by atoms with Crippen LogP contribution in [0, 0.1) is 20.8 Å². The molecule has 9 heteroatoms. The largest absolute Gasteiger partial charge is 0.357 e. The summed E-state index contributed by atoms with van der Waals surface area (Å²) in [5, 5.41) is 3.16. The third kappa shape index (κ3) is 4.18. The molecule has 2 fully saturated rings. The first-order valence-electron chi connectivity index (χ1n) is 11.2. The summed E-state index contributed by atoms with van der Waals surface area (Å²) in [4.78, 5) is 46.6. The van der Waals surface area contributed by atoms with Crippen LogP contribution in [0.4, 0.5) is 10.5 Å². The average molecular weight is 457 g/mol. The van der Waals surface area contributed by atoms with Crippen LogP contribution < -0.4 is 5.32 Å². The van der Waals surface area contributed by atoms with Crippen molar-refractivity contribution >= 4 is 46.3 Å². The van der Waals surface area contributed by atoms with E-state index < -0.39 is 11.3 Å². The topological polar surface area (TPSA) is 85.1 Å². The lowest BCUT2D eigenvalue weighted by atomic mass is 10.1. The number of anilines is 1. The highest BCUT2D eigenvalue weighted by Gasteiger charge is 2.53. The summed E-state index contributed by atoms with van der Waals surface area (Å²) in [6.07, 6.45) is 2.84. The van der Waals surface area contributed by atoms with Gasteiger partial charge in [-0.25, -0.2) is 9.69 Å². The zero-order valence-electron chi connectivity index (χ0n) is 19.1. The van der Waals surface area contributed by atoms with Gasteiger partial charge in [0.2, 0.25) is 5.91 Å². The number of nitrogens with zero attached hydrogens (tertiary/aromatic N) is 4. The van der Waals surface area contributed by atoms with Crippen molar-refractivity contribution in [3.63, 3.8) is 0 Å². The zero-order chi connectivity index (χ0) is 23.0. The lowest BCUT2D eigenvalue weighted by Gasteiger charge is -2.34. The molecule has 8 nitrogen and oxygen atoms in total. The van der Waals surface area contributed by atoms with E-state index in [1.807, 2.05) is 39.8 Å². The zero-order valence-corrected chi connectivity index (χ0v) is 19.9. The van der Waals surface area contributed by atoms with Gasteiger partial charge in [0.05, 0.1) is 13.1 Å². The van der Waals surface area contributed by atoms with Crippen LogP contribution in [0.3, 0.4) is 0 Å². The molecular formula is C23H30N5O3S+. The molecule has 4 amide bonds. The number of benzene rings is 1.